The predicted molar refractivity (Wildman–Crippen MR) is 149 cm³/mol. The van der Waals surface area contributed by atoms with Gasteiger partial charge in [-0.15, -0.1) is 0 Å². The van der Waals surface area contributed by atoms with Gasteiger partial charge < -0.3 is 10.2 Å². The van der Waals surface area contributed by atoms with Gasteiger partial charge in [0.25, 0.3) is 0 Å². The van der Waals surface area contributed by atoms with Crippen molar-refractivity contribution >= 4 is 34.9 Å². The molecule has 182 valence electrons. The second-order valence-corrected chi connectivity index (χ2v) is 9.50. The first-order valence-corrected chi connectivity index (χ1v) is 13.4. The molecule has 0 atom stereocenters. The van der Waals surface area contributed by atoms with Gasteiger partial charge >= 0.3 is 0 Å². The van der Waals surface area contributed by atoms with E-state index in [4.69, 9.17) is 16.6 Å². The minimum absolute atomic E-state index is 0.490. The first-order valence-electron chi connectivity index (χ1n) is 12.2. The van der Waals surface area contributed by atoms with E-state index in [1.807, 2.05) is 26.0 Å². The van der Waals surface area contributed by atoms with Crippen LogP contribution in [0.3, 0.4) is 0 Å². The van der Waals surface area contributed by atoms with Crippen molar-refractivity contribution in [3.05, 3.63) is 46.4 Å². The molecule has 0 aromatic heterocycles. The van der Waals surface area contributed by atoms with Crippen LogP contribution in [0.1, 0.15) is 74.7 Å². The Morgan fingerprint density at radius 1 is 1.19 bits per heavy atom. The lowest BCUT2D eigenvalue weighted by molar-refractivity contribution is 0.448. The number of hydrogen-bond acceptors (Lipinski definition) is 3. The summed E-state index contributed by atoms with van der Waals surface area (Å²) in [5.41, 5.74) is 0.935. The van der Waals surface area contributed by atoms with Gasteiger partial charge in [0, 0.05) is 29.6 Å². The average molecular weight is 480 g/mol. The molecule has 1 aliphatic rings. The number of allylic oxidation sites excluding steroid dienone is 3. The summed E-state index contributed by atoms with van der Waals surface area (Å²) in [6.07, 6.45) is 10.3. The zero-order chi connectivity index (χ0) is 24.4. The van der Waals surface area contributed by atoms with Crippen molar-refractivity contribution in [1.82, 2.24) is 10.2 Å². The highest BCUT2D eigenvalue weighted by molar-refractivity contribution is 8.03. The molecule has 5 heteroatoms. The van der Waals surface area contributed by atoms with Crippen LogP contribution in [-0.2, 0) is 0 Å². The molecule has 1 saturated heterocycles. The van der Waals surface area contributed by atoms with Gasteiger partial charge in [0.2, 0.25) is 0 Å². The van der Waals surface area contributed by atoms with Crippen LogP contribution >= 0.6 is 23.4 Å². The largest absolute Gasteiger partial charge is 0.355 e. The fourth-order valence-electron chi connectivity index (χ4n) is 2.59. The lowest BCUT2D eigenvalue weighted by atomic mass is 10.2. The third kappa shape index (κ3) is 13.3. The minimum atomic E-state index is 0.490. The van der Waals surface area contributed by atoms with E-state index in [-0.39, 0.29) is 0 Å². The van der Waals surface area contributed by atoms with E-state index in [9.17, 15) is 0 Å². The fourth-order valence-corrected chi connectivity index (χ4v) is 3.56. The van der Waals surface area contributed by atoms with E-state index < -0.39 is 0 Å². The molecule has 0 aliphatic carbocycles. The lowest BCUT2D eigenvalue weighted by Crippen LogP contribution is -2.33. The van der Waals surface area contributed by atoms with Gasteiger partial charge in [-0.2, -0.15) is 0 Å². The summed E-state index contributed by atoms with van der Waals surface area (Å²) in [5.74, 6) is 1.51. The van der Waals surface area contributed by atoms with Crippen LogP contribution in [0.4, 0.5) is 5.69 Å². The van der Waals surface area contributed by atoms with E-state index in [2.05, 4.69) is 76.1 Å². The van der Waals surface area contributed by atoms with Gasteiger partial charge in [0.05, 0.1) is 5.69 Å². The highest BCUT2D eigenvalue weighted by atomic mass is 35.5. The van der Waals surface area contributed by atoms with Crippen LogP contribution in [-0.4, -0.2) is 36.9 Å². The number of nitrogens with one attached hydrogen (secondary N) is 1. The molecule has 1 fully saturated rings. The molecular formula is C27H46ClN3S. The van der Waals surface area contributed by atoms with Crippen molar-refractivity contribution in [2.24, 2.45) is 10.9 Å². The molecule has 0 saturated carbocycles. The summed E-state index contributed by atoms with van der Waals surface area (Å²) in [6.45, 7) is 21.0. The monoisotopic (exact) mass is 479 g/mol. The van der Waals surface area contributed by atoms with Gasteiger partial charge in [-0.1, -0.05) is 89.9 Å². The van der Waals surface area contributed by atoms with Crippen molar-refractivity contribution in [1.29, 1.82) is 0 Å². The molecule has 1 aromatic rings. The SMILES string of the molecule is C/C=C(\C)Sc1ccc(Cl)cc1N=C(/C=C/C(C)C)N1CCCNCC1.CC.CCCC. The molecular weight excluding hydrogens is 434 g/mol. The second kappa shape index (κ2) is 19.3. The summed E-state index contributed by atoms with van der Waals surface area (Å²) < 4.78 is 0. The van der Waals surface area contributed by atoms with Crippen molar-refractivity contribution in [2.75, 3.05) is 26.2 Å². The number of nitrogens with zero attached hydrogens (tertiary/aromatic N) is 2. The number of thioether (sulfide) groups is 1. The first kappa shape index (κ1) is 30.8. The molecule has 1 N–H and O–H groups in total. The normalized spacial score (nSPS) is 15.1. The lowest BCUT2D eigenvalue weighted by Gasteiger charge is -2.23. The topological polar surface area (TPSA) is 27.6 Å². The highest BCUT2D eigenvalue weighted by Gasteiger charge is 2.13. The molecule has 0 amide bonds. The number of aliphatic imine (C=N–C) groups is 1. The number of benzene rings is 1. The minimum Gasteiger partial charge on any atom is -0.355 e. The van der Waals surface area contributed by atoms with E-state index in [0.717, 1.165) is 54.0 Å². The smallest absolute Gasteiger partial charge is 0.128 e. The molecule has 0 radical (unpaired) electrons. The Hall–Kier alpha value is -1.23. The molecule has 0 bridgehead atoms. The van der Waals surface area contributed by atoms with Crippen LogP contribution < -0.4 is 5.32 Å². The zero-order valence-corrected chi connectivity index (χ0v) is 23.2. The van der Waals surface area contributed by atoms with Crippen LogP contribution in [0.2, 0.25) is 5.02 Å². The molecule has 1 heterocycles. The fraction of sp³-hybridized carbons (Fsp3) is 0.593. The highest BCUT2D eigenvalue weighted by Crippen LogP contribution is 2.36. The summed E-state index contributed by atoms with van der Waals surface area (Å²) >= 11 is 8.01. The molecule has 0 unspecified atom stereocenters. The number of halogens is 1. The predicted octanol–water partition coefficient (Wildman–Crippen LogP) is 8.73. The number of hydrogen-bond donors (Lipinski definition) is 1. The Labute approximate surface area is 207 Å². The molecule has 3 nitrogen and oxygen atoms in total. The van der Waals surface area contributed by atoms with Crippen LogP contribution in [0.25, 0.3) is 0 Å². The van der Waals surface area contributed by atoms with E-state index >= 15 is 0 Å². The Bertz CT molecular complexity index is 701. The molecule has 32 heavy (non-hydrogen) atoms. The molecule has 1 aromatic carbocycles. The average Bonchev–Trinajstić information content (AvgIpc) is 3.09. The first-order chi connectivity index (χ1) is 15.4. The Balaban J connectivity index is 0.00000144. The Morgan fingerprint density at radius 3 is 2.47 bits per heavy atom. The number of unbranched alkanes of at least 4 members (excludes halogenated alkanes) is 1. The second-order valence-electron chi connectivity index (χ2n) is 7.78. The Morgan fingerprint density at radius 2 is 1.88 bits per heavy atom. The van der Waals surface area contributed by atoms with Crippen LogP contribution in [0, 0.1) is 5.92 Å². The third-order valence-corrected chi connectivity index (χ3v) is 5.99. The summed E-state index contributed by atoms with van der Waals surface area (Å²) in [5, 5.41) is 4.18. The van der Waals surface area contributed by atoms with E-state index in [1.165, 1.54) is 17.7 Å². The molecule has 1 aliphatic heterocycles. The van der Waals surface area contributed by atoms with Crippen molar-refractivity contribution in [3.63, 3.8) is 0 Å². The van der Waals surface area contributed by atoms with Crippen molar-refractivity contribution in [2.45, 2.75) is 79.5 Å². The van der Waals surface area contributed by atoms with Gasteiger partial charge in [-0.05, 0) is 61.9 Å². The maximum Gasteiger partial charge on any atom is 0.128 e. The van der Waals surface area contributed by atoms with Crippen molar-refractivity contribution < 1.29 is 0 Å². The number of amidine groups is 1. The van der Waals surface area contributed by atoms with Gasteiger partial charge in [-0.25, -0.2) is 4.99 Å². The summed E-state index contributed by atoms with van der Waals surface area (Å²) in [4.78, 5) is 9.80. The zero-order valence-electron chi connectivity index (χ0n) is 21.7. The maximum absolute atomic E-state index is 6.28. The summed E-state index contributed by atoms with van der Waals surface area (Å²) in [7, 11) is 0. The molecule has 2 rings (SSSR count). The molecule has 0 spiro atoms. The van der Waals surface area contributed by atoms with Crippen LogP contribution in [0.15, 0.2) is 51.2 Å². The van der Waals surface area contributed by atoms with E-state index in [1.54, 1.807) is 11.8 Å². The Kier molecular flexibility index (Phi) is 18.5. The number of rotatable bonds is 6. The van der Waals surface area contributed by atoms with Crippen LogP contribution in [0.5, 0.6) is 0 Å². The van der Waals surface area contributed by atoms with Gasteiger partial charge in [0.15, 0.2) is 0 Å². The summed E-state index contributed by atoms with van der Waals surface area (Å²) in [6, 6.07) is 5.96. The maximum atomic E-state index is 6.28. The quantitative estimate of drug-likeness (QED) is 0.251. The van der Waals surface area contributed by atoms with Gasteiger partial charge in [0.1, 0.15) is 5.84 Å². The third-order valence-electron chi connectivity index (χ3n) is 4.63. The van der Waals surface area contributed by atoms with Gasteiger partial charge in [-0.3, -0.25) is 0 Å². The van der Waals surface area contributed by atoms with Crippen molar-refractivity contribution in [3.8, 4) is 0 Å². The van der Waals surface area contributed by atoms with E-state index in [0.29, 0.717) is 5.92 Å². The standard InChI is InChI=1S/C21H30ClN3S.C4H10.C2H6/c1-5-17(4)26-20-9-8-18(22)15-19(20)24-21(10-7-16(2)3)25-13-6-11-23-12-14-25;1-3-4-2;1-2/h5,7-10,15-16,23H,6,11-14H2,1-4H3;3-4H2,1-2H3;1-2H3/b10-7+,17-5+,24-21?;;.